The normalized spacial score (nSPS) is 11.6. The summed E-state index contributed by atoms with van der Waals surface area (Å²) in [5.74, 6) is 0.717. The second-order valence-corrected chi connectivity index (χ2v) is 12.9. The van der Waals surface area contributed by atoms with Crippen LogP contribution in [0.15, 0.2) is 64.6 Å². The van der Waals surface area contributed by atoms with Crippen LogP contribution in [0.25, 0.3) is 5.52 Å². The van der Waals surface area contributed by atoms with Crippen LogP contribution < -0.4 is 4.74 Å². The van der Waals surface area contributed by atoms with Gasteiger partial charge in [-0.2, -0.15) is 0 Å². The minimum atomic E-state index is -3.62. The molecule has 0 saturated carbocycles. The summed E-state index contributed by atoms with van der Waals surface area (Å²) in [4.78, 5) is 3.31. The SMILES string of the molecule is CCCCCC.CCCCN(CCCC)CCCCCOc1ccc(S(=O)(=O)c2c(CC)cn3ccccc23)cc1. The molecule has 41 heavy (non-hydrogen) atoms. The quantitative estimate of drug-likeness (QED) is 0.132. The van der Waals surface area contributed by atoms with Crippen LogP contribution in [0.3, 0.4) is 0 Å². The zero-order valence-corrected chi connectivity index (χ0v) is 27.4. The Morgan fingerprint density at radius 1 is 0.707 bits per heavy atom. The van der Waals surface area contributed by atoms with Crippen LogP contribution in [0.2, 0.25) is 0 Å². The largest absolute Gasteiger partial charge is 0.494 e. The van der Waals surface area contributed by atoms with Crippen molar-refractivity contribution in [1.29, 1.82) is 0 Å². The molecule has 3 rings (SSSR count). The fourth-order valence-electron chi connectivity index (χ4n) is 4.95. The highest BCUT2D eigenvalue weighted by Crippen LogP contribution is 2.31. The second-order valence-electron chi connectivity index (χ2n) is 11.0. The van der Waals surface area contributed by atoms with E-state index in [0.29, 0.717) is 34.1 Å². The lowest BCUT2D eigenvalue weighted by molar-refractivity contribution is 0.252. The number of rotatable bonds is 19. The van der Waals surface area contributed by atoms with Gasteiger partial charge < -0.3 is 14.0 Å². The first-order valence-electron chi connectivity index (χ1n) is 16.2. The van der Waals surface area contributed by atoms with Gasteiger partial charge in [-0.1, -0.05) is 79.2 Å². The van der Waals surface area contributed by atoms with E-state index in [4.69, 9.17) is 4.74 Å². The van der Waals surface area contributed by atoms with E-state index < -0.39 is 9.84 Å². The molecule has 2 aromatic heterocycles. The molecule has 6 heteroatoms. The van der Waals surface area contributed by atoms with Gasteiger partial charge in [-0.25, -0.2) is 8.42 Å². The standard InChI is InChI=1S/C29H42N2O3S.C6H14/c1-4-7-19-30(20-8-5-2)21-11-9-13-23-34-26-15-17-27(18-16-26)35(32,33)29-25(6-3)24-31-22-12-10-14-28(29)31;1-3-5-6-4-2/h10,12,14-18,22,24H,4-9,11,13,19-21,23H2,1-3H3;3-6H2,1-2H3. The first-order valence-corrected chi connectivity index (χ1v) is 17.7. The van der Waals surface area contributed by atoms with Gasteiger partial charge >= 0.3 is 0 Å². The Morgan fingerprint density at radius 2 is 1.32 bits per heavy atom. The van der Waals surface area contributed by atoms with Crippen molar-refractivity contribution in [2.24, 2.45) is 0 Å². The van der Waals surface area contributed by atoms with E-state index in [1.807, 2.05) is 41.9 Å². The number of benzene rings is 1. The zero-order valence-electron chi connectivity index (χ0n) is 26.5. The van der Waals surface area contributed by atoms with Gasteiger partial charge in [0.2, 0.25) is 9.84 Å². The van der Waals surface area contributed by atoms with Crippen LogP contribution in [0, 0.1) is 0 Å². The molecule has 0 aliphatic heterocycles. The van der Waals surface area contributed by atoms with Crippen molar-refractivity contribution in [3.63, 3.8) is 0 Å². The molecule has 2 heterocycles. The van der Waals surface area contributed by atoms with Gasteiger partial charge in [0.15, 0.2) is 0 Å². The van der Waals surface area contributed by atoms with Crippen LogP contribution in [0.1, 0.15) is 111 Å². The fraction of sp³-hybridized carbons (Fsp3) is 0.600. The van der Waals surface area contributed by atoms with E-state index in [2.05, 4.69) is 32.6 Å². The lowest BCUT2D eigenvalue weighted by Crippen LogP contribution is -2.27. The van der Waals surface area contributed by atoms with E-state index in [9.17, 15) is 8.42 Å². The van der Waals surface area contributed by atoms with E-state index in [1.165, 1.54) is 77.4 Å². The van der Waals surface area contributed by atoms with Crippen molar-refractivity contribution in [3.8, 4) is 5.75 Å². The van der Waals surface area contributed by atoms with Gasteiger partial charge in [-0.3, -0.25) is 0 Å². The maximum absolute atomic E-state index is 13.5. The van der Waals surface area contributed by atoms with Crippen LogP contribution in [-0.4, -0.2) is 44.0 Å². The number of sulfone groups is 1. The summed E-state index contributed by atoms with van der Waals surface area (Å²) < 4.78 is 34.7. The van der Waals surface area contributed by atoms with E-state index in [-0.39, 0.29) is 0 Å². The van der Waals surface area contributed by atoms with Gasteiger partial charge in [-0.15, -0.1) is 0 Å². The Labute approximate surface area is 251 Å². The van der Waals surface area contributed by atoms with Crippen molar-refractivity contribution in [1.82, 2.24) is 9.30 Å². The van der Waals surface area contributed by atoms with E-state index >= 15 is 0 Å². The Bertz CT molecular complexity index is 1190. The summed E-state index contributed by atoms with van der Waals surface area (Å²) in [6.45, 7) is 15.2. The van der Waals surface area contributed by atoms with Crippen molar-refractivity contribution in [2.45, 2.75) is 121 Å². The number of ether oxygens (including phenoxy) is 1. The third kappa shape index (κ3) is 11.5. The monoisotopic (exact) mass is 584 g/mol. The Balaban J connectivity index is 0.000000883. The highest BCUT2D eigenvalue weighted by atomic mass is 32.2. The molecular weight excluding hydrogens is 528 g/mol. The van der Waals surface area contributed by atoms with Crippen molar-refractivity contribution in [2.75, 3.05) is 26.2 Å². The molecule has 0 aliphatic carbocycles. The number of fused-ring (bicyclic) bond motifs is 1. The Morgan fingerprint density at radius 3 is 1.90 bits per heavy atom. The Kier molecular flexibility index (Phi) is 16.8. The minimum Gasteiger partial charge on any atom is -0.494 e. The average molecular weight is 585 g/mol. The highest BCUT2D eigenvalue weighted by molar-refractivity contribution is 7.91. The maximum atomic E-state index is 13.5. The molecule has 3 aromatic rings. The first kappa shape index (κ1) is 34.9. The van der Waals surface area contributed by atoms with Crippen LogP contribution >= 0.6 is 0 Å². The molecular formula is C35H56N2O3S. The molecule has 0 saturated heterocycles. The molecule has 0 bridgehead atoms. The summed E-state index contributed by atoms with van der Waals surface area (Å²) in [6.07, 6.45) is 18.4. The molecule has 0 atom stereocenters. The average Bonchev–Trinajstić information content (AvgIpc) is 3.39. The number of hydrogen-bond donors (Lipinski definition) is 0. The molecule has 1 aromatic carbocycles. The summed E-state index contributed by atoms with van der Waals surface area (Å²) >= 11 is 0. The maximum Gasteiger partial charge on any atom is 0.208 e. The summed E-state index contributed by atoms with van der Waals surface area (Å²) in [7, 11) is -3.62. The molecule has 230 valence electrons. The predicted molar refractivity (Wildman–Crippen MR) is 174 cm³/mol. The van der Waals surface area contributed by atoms with Gasteiger partial charge in [0.25, 0.3) is 0 Å². The predicted octanol–water partition coefficient (Wildman–Crippen LogP) is 9.37. The number of pyridine rings is 1. The fourth-order valence-corrected chi connectivity index (χ4v) is 6.67. The van der Waals surface area contributed by atoms with Gasteiger partial charge in [0.05, 0.1) is 17.0 Å². The van der Waals surface area contributed by atoms with Crippen LogP contribution in [0.5, 0.6) is 5.75 Å². The van der Waals surface area contributed by atoms with Crippen LogP contribution in [-0.2, 0) is 16.3 Å². The van der Waals surface area contributed by atoms with Crippen molar-refractivity contribution < 1.29 is 13.2 Å². The molecule has 0 fully saturated rings. The van der Waals surface area contributed by atoms with Gasteiger partial charge in [-0.05, 0) is 100 Å². The summed E-state index contributed by atoms with van der Waals surface area (Å²) in [6, 6.07) is 12.5. The number of nitrogens with zero attached hydrogens (tertiary/aromatic N) is 2. The summed E-state index contributed by atoms with van der Waals surface area (Å²) in [5.41, 5.74) is 1.55. The zero-order chi connectivity index (χ0) is 29.9. The summed E-state index contributed by atoms with van der Waals surface area (Å²) in [5, 5.41) is 0. The number of aromatic nitrogens is 1. The van der Waals surface area contributed by atoms with E-state index in [1.54, 1.807) is 24.3 Å². The molecule has 0 unspecified atom stereocenters. The minimum absolute atomic E-state index is 0.302. The smallest absolute Gasteiger partial charge is 0.208 e. The number of unbranched alkanes of at least 4 members (excludes halogenated alkanes) is 7. The molecule has 0 spiro atoms. The third-order valence-electron chi connectivity index (χ3n) is 7.49. The number of hydrogen-bond acceptors (Lipinski definition) is 4. The van der Waals surface area contributed by atoms with Gasteiger partial charge in [0, 0.05) is 12.4 Å². The van der Waals surface area contributed by atoms with E-state index in [0.717, 1.165) is 18.4 Å². The molecule has 0 N–H and O–H groups in total. The highest BCUT2D eigenvalue weighted by Gasteiger charge is 2.25. The van der Waals surface area contributed by atoms with Crippen molar-refractivity contribution >= 4 is 15.4 Å². The lowest BCUT2D eigenvalue weighted by atomic mass is 10.2. The number of aryl methyl sites for hydroxylation is 1. The first-order chi connectivity index (χ1) is 19.9. The van der Waals surface area contributed by atoms with Gasteiger partial charge in [0.1, 0.15) is 10.6 Å². The second kappa shape index (κ2) is 19.7. The third-order valence-corrected chi connectivity index (χ3v) is 9.39. The molecule has 5 nitrogen and oxygen atoms in total. The van der Waals surface area contributed by atoms with Crippen molar-refractivity contribution in [3.05, 3.63) is 60.4 Å². The molecule has 0 aliphatic rings. The topological polar surface area (TPSA) is 51.0 Å². The molecule has 0 radical (unpaired) electrons. The van der Waals surface area contributed by atoms with Crippen LogP contribution in [0.4, 0.5) is 0 Å². The molecule has 0 amide bonds. The Hall–Kier alpha value is -2.31. The lowest BCUT2D eigenvalue weighted by Gasteiger charge is -2.21.